The van der Waals surface area contributed by atoms with E-state index < -0.39 is 24.3 Å². The van der Waals surface area contributed by atoms with E-state index >= 15 is 0 Å². The Bertz CT molecular complexity index is 751. The van der Waals surface area contributed by atoms with Gasteiger partial charge in [0, 0.05) is 30.9 Å². The number of aliphatic hydroxyl groups is 2. The molecule has 3 rings (SSSR count). The van der Waals surface area contributed by atoms with Crippen molar-refractivity contribution in [2.24, 2.45) is 5.92 Å². The molecular formula is C18H26N6O3. The number of aliphatic hydroxyl groups excluding tert-OH is 2. The summed E-state index contributed by atoms with van der Waals surface area (Å²) in [6, 6.07) is 8.12. The van der Waals surface area contributed by atoms with Crippen molar-refractivity contribution < 1.29 is 15.0 Å². The highest BCUT2D eigenvalue weighted by atomic mass is 16.3. The van der Waals surface area contributed by atoms with Crippen LogP contribution in [0.15, 0.2) is 36.5 Å². The molecule has 0 aliphatic heterocycles. The fourth-order valence-electron chi connectivity index (χ4n) is 3.37. The summed E-state index contributed by atoms with van der Waals surface area (Å²) in [6.45, 7) is 1.11. The van der Waals surface area contributed by atoms with Gasteiger partial charge in [-0.25, -0.2) is 4.79 Å². The van der Waals surface area contributed by atoms with Gasteiger partial charge >= 0.3 is 6.03 Å². The van der Waals surface area contributed by atoms with Crippen LogP contribution in [0.4, 0.5) is 10.5 Å². The van der Waals surface area contributed by atoms with E-state index in [1.165, 1.54) is 0 Å². The van der Waals surface area contributed by atoms with E-state index in [0.29, 0.717) is 25.2 Å². The van der Waals surface area contributed by atoms with Crippen molar-refractivity contribution in [3.63, 3.8) is 0 Å². The monoisotopic (exact) mass is 374 g/mol. The molecule has 4 N–H and O–H groups in total. The van der Waals surface area contributed by atoms with E-state index in [9.17, 15) is 15.0 Å². The topological polar surface area (TPSA) is 116 Å². The maximum absolute atomic E-state index is 12.1. The summed E-state index contributed by atoms with van der Waals surface area (Å²) in [7, 11) is 3.90. The van der Waals surface area contributed by atoms with Gasteiger partial charge in [-0.2, -0.15) is 0 Å². The van der Waals surface area contributed by atoms with E-state index in [1.807, 2.05) is 43.4 Å². The van der Waals surface area contributed by atoms with E-state index in [1.54, 1.807) is 16.8 Å². The summed E-state index contributed by atoms with van der Waals surface area (Å²) in [5, 5.41) is 34.3. The van der Waals surface area contributed by atoms with E-state index in [2.05, 4.69) is 20.9 Å². The molecule has 1 aromatic carbocycles. The molecule has 0 radical (unpaired) electrons. The van der Waals surface area contributed by atoms with Crippen LogP contribution in [0.25, 0.3) is 0 Å². The Morgan fingerprint density at radius 3 is 2.70 bits per heavy atom. The van der Waals surface area contributed by atoms with Crippen molar-refractivity contribution in [2.45, 2.75) is 37.8 Å². The average Bonchev–Trinajstić information content (AvgIpc) is 3.15. The summed E-state index contributed by atoms with van der Waals surface area (Å²) in [4.78, 5) is 14.1. The second-order valence-electron chi connectivity index (χ2n) is 7.22. The van der Waals surface area contributed by atoms with Crippen LogP contribution < -0.4 is 10.6 Å². The number of nitrogens with zero attached hydrogens (tertiary/aromatic N) is 4. The van der Waals surface area contributed by atoms with Gasteiger partial charge in [-0.15, -0.1) is 5.10 Å². The molecule has 2 aromatic rings. The molecule has 0 spiro atoms. The number of benzene rings is 1. The van der Waals surface area contributed by atoms with Gasteiger partial charge in [-0.3, -0.25) is 4.68 Å². The van der Waals surface area contributed by atoms with Crippen LogP contribution in [-0.2, 0) is 13.1 Å². The van der Waals surface area contributed by atoms with Gasteiger partial charge in [0.25, 0.3) is 0 Å². The van der Waals surface area contributed by atoms with Crippen LogP contribution in [0.1, 0.15) is 12.1 Å². The molecule has 1 fully saturated rings. The van der Waals surface area contributed by atoms with Crippen molar-refractivity contribution >= 4 is 11.7 Å². The van der Waals surface area contributed by atoms with E-state index in [-0.39, 0.29) is 5.92 Å². The van der Waals surface area contributed by atoms with Crippen LogP contribution in [0, 0.1) is 5.92 Å². The molecule has 1 heterocycles. The highest BCUT2D eigenvalue weighted by molar-refractivity contribution is 5.89. The first-order chi connectivity index (χ1) is 12.9. The number of hydrogen-bond donors (Lipinski definition) is 4. The average molecular weight is 374 g/mol. The summed E-state index contributed by atoms with van der Waals surface area (Å²) in [5.41, 5.74) is 1.50. The zero-order valence-corrected chi connectivity index (χ0v) is 15.5. The van der Waals surface area contributed by atoms with Crippen molar-refractivity contribution in [2.75, 3.05) is 19.4 Å². The Balaban J connectivity index is 1.55. The summed E-state index contributed by atoms with van der Waals surface area (Å²) < 4.78 is 1.67. The second-order valence-corrected chi connectivity index (χ2v) is 7.22. The number of para-hydroxylation sites is 1. The van der Waals surface area contributed by atoms with Gasteiger partial charge in [0.15, 0.2) is 0 Å². The van der Waals surface area contributed by atoms with Crippen LogP contribution in [0.3, 0.4) is 0 Å². The molecule has 1 aromatic heterocycles. The number of hydrogen-bond acceptors (Lipinski definition) is 6. The van der Waals surface area contributed by atoms with Crippen LogP contribution in [0.5, 0.6) is 0 Å². The lowest BCUT2D eigenvalue weighted by Crippen LogP contribution is -2.44. The van der Waals surface area contributed by atoms with Crippen LogP contribution in [-0.4, -0.2) is 68.5 Å². The fourth-order valence-corrected chi connectivity index (χ4v) is 3.37. The minimum Gasteiger partial charge on any atom is -0.390 e. The SMILES string of the molecule is CN(C)Cc1cn(C[C@H]2C[C@@H](NC(=O)Nc3ccccc3)[C@H](O)[C@@H]2O)nn1. The summed E-state index contributed by atoms with van der Waals surface area (Å²) in [6.07, 6.45) is 0.324. The predicted molar refractivity (Wildman–Crippen MR) is 99.9 cm³/mol. The lowest BCUT2D eigenvalue weighted by Gasteiger charge is -2.18. The minimum absolute atomic E-state index is 0.226. The van der Waals surface area contributed by atoms with Crippen LogP contribution >= 0.6 is 0 Å². The van der Waals surface area contributed by atoms with Gasteiger partial charge in [0.2, 0.25) is 0 Å². The van der Waals surface area contributed by atoms with Gasteiger partial charge in [-0.1, -0.05) is 23.4 Å². The van der Waals surface area contributed by atoms with Gasteiger partial charge in [-0.05, 0) is 32.6 Å². The highest BCUT2D eigenvalue weighted by Gasteiger charge is 2.42. The molecular weight excluding hydrogens is 348 g/mol. The molecule has 1 aliphatic rings. The molecule has 4 atom stereocenters. The van der Waals surface area contributed by atoms with Gasteiger partial charge < -0.3 is 25.7 Å². The van der Waals surface area contributed by atoms with Crippen molar-refractivity contribution in [3.05, 3.63) is 42.2 Å². The highest BCUT2D eigenvalue weighted by Crippen LogP contribution is 2.28. The van der Waals surface area contributed by atoms with Crippen molar-refractivity contribution in [3.8, 4) is 0 Å². The Morgan fingerprint density at radius 1 is 1.26 bits per heavy atom. The lowest BCUT2D eigenvalue weighted by molar-refractivity contribution is 0.00878. The molecule has 9 heteroatoms. The molecule has 27 heavy (non-hydrogen) atoms. The summed E-state index contributed by atoms with van der Waals surface area (Å²) in [5.74, 6) is -0.226. The Morgan fingerprint density at radius 2 is 2.00 bits per heavy atom. The van der Waals surface area contributed by atoms with E-state index in [4.69, 9.17) is 0 Å². The Labute approximate surface area is 158 Å². The van der Waals surface area contributed by atoms with Crippen LogP contribution in [0.2, 0.25) is 0 Å². The maximum Gasteiger partial charge on any atom is 0.319 e. The maximum atomic E-state index is 12.1. The van der Waals surface area contributed by atoms with E-state index in [0.717, 1.165) is 5.69 Å². The standard InChI is InChI=1S/C18H26N6O3/c1-23(2)10-14-11-24(22-21-14)9-12-8-15(17(26)16(12)25)20-18(27)19-13-6-4-3-5-7-13/h3-7,11-12,15-17,25-26H,8-10H2,1-2H3,(H2,19,20,27)/t12-,15-,16-,17+/m1/s1. The number of rotatable bonds is 6. The molecule has 0 saturated heterocycles. The number of urea groups is 1. The first-order valence-electron chi connectivity index (χ1n) is 8.95. The molecule has 0 bridgehead atoms. The number of anilines is 1. The third-order valence-corrected chi connectivity index (χ3v) is 4.64. The van der Waals surface area contributed by atoms with Gasteiger partial charge in [0.1, 0.15) is 6.10 Å². The molecule has 9 nitrogen and oxygen atoms in total. The predicted octanol–water partition coefficient (Wildman–Crippen LogP) is 0.272. The Kier molecular flexibility index (Phi) is 6.04. The zero-order chi connectivity index (χ0) is 19.4. The third kappa shape index (κ3) is 5.03. The fraction of sp³-hybridized carbons (Fsp3) is 0.500. The zero-order valence-electron chi connectivity index (χ0n) is 15.5. The van der Waals surface area contributed by atoms with Crippen molar-refractivity contribution in [1.82, 2.24) is 25.2 Å². The smallest absolute Gasteiger partial charge is 0.319 e. The Hall–Kier alpha value is -2.49. The molecule has 2 amide bonds. The molecule has 146 valence electrons. The molecule has 0 unspecified atom stereocenters. The normalized spacial score (nSPS) is 24.9. The number of aromatic nitrogens is 3. The number of carbonyl (C=O) groups is 1. The summed E-state index contributed by atoms with van der Waals surface area (Å²) >= 11 is 0. The van der Waals surface area contributed by atoms with Crippen molar-refractivity contribution in [1.29, 1.82) is 0 Å². The molecule has 1 saturated carbocycles. The lowest BCUT2D eigenvalue weighted by atomic mass is 10.1. The minimum atomic E-state index is -1.03. The number of nitrogens with one attached hydrogen (secondary N) is 2. The van der Waals surface area contributed by atoms with Gasteiger partial charge in [0.05, 0.1) is 17.8 Å². The largest absolute Gasteiger partial charge is 0.390 e. The second kappa shape index (κ2) is 8.47. The number of carbonyl (C=O) groups excluding carboxylic acids is 1. The first-order valence-corrected chi connectivity index (χ1v) is 8.95. The first kappa shape index (κ1) is 19.3. The molecule has 1 aliphatic carbocycles. The number of amides is 2. The quantitative estimate of drug-likeness (QED) is 0.577. The third-order valence-electron chi connectivity index (χ3n) is 4.64.